The van der Waals surface area contributed by atoms with Crippen molar-refractivity contribution in [2.75, 3.05) is 18.4 Å². The van der Waals surface area contributed by atoms with Crippen LogP contribution >= 0.6 is 0 Å². The van der Waals surface area contributed by atoms with E-state index in [0.717, 1.165) is 24.2 Å². The zero-order valence-electron chi connectivity index (χ0n) is 16.2. The summed E-state index contributed by atoms with van der Waals surface area (Å²) in [4.78, 5) is 31.7. The monoisotopic (exact) mass is 386 g/mol. The van der Waals surface area contributed by atoms with Crippen molar-refractivity contribution < 1.29 is 4.79 Å². The van der Waals surface area contributed by atoms with Gasteiger partial charge in [-0.15, -0.1) is 0 Å². The SMILES string of the molecule is Cc1nc(Nc2cnccn2)cc([C@H]2CCN(C(=O)/C=C/c3ccccc3)C2)n1. The molecule has 2 aromatic heterocycles. The molecule has 0 unspecified atom stereocenters. The number of aryl methyl sites for hydroxylation is 1. The first-order valence-electron chi connectivity index (χ1n) is 9.58. The molecule has 0 bridgehead atoms. The van der Waals surface area contributed by atoms with E-state index in [1.807, 2.05) is 54.3 Å². The highest BCUT2D eigenvalue weighted by Crippen LogP contribution is 2.28. The summed E-state index contributed by atoms with van der Waals surface area (Å²) in [6.07, 6.45) is 9.27. The lowest BCUT2D eigenvalue weighted by Crippen LogP contribution is -2.26. The Hall–Kier alpha value is -3.61. The van der Waals surface area contributed by atoms with Crippen LogP contribution in [0.25, 0.3) is 6.08 Å². The second-order valence-corrected chi connectivity index (χ2v) is 6.95. The molecule has 0 aliphatic carbocycles. The van der Waals surface area contributed by atoms with Gasteiger partial charge < -0.3 is 10.2 Å². The number of amides is 1. The maximum atomic E-state index is 12.5. The third-order valence-electron chi connectivity index (χ3n) is 4.81. The predicted molar refractivity (Wildman–Crippen MR) is 111 cm³/mol. The number of carbonyl (C=O) groups excluding carboxylic acids is 1. The number of nitrogens with one attached hydrogen (secondary N) is 1. The van der Waals surface area contributed by atoms with Crippen molar-refractivity contribution in [3.8, 4) is 0 Å². The van der Waals surface area contributed by atoms with E-state index < -0.39 is 0 Å². The fraction of sp³-hybridized carbons (Fsp3) is 0.227. The van der Waals surface area contributed by atoms with E-state index in [9.17, 15) is 4.79 Å². The van der Waals surface area contributed by atoms with Crippen LogP contribution in [0, 0.1) is 6.92 Å². The Labute approximate surface area is 169 Å². The number of aromatic nitrogens is 4. The molecule has 1 aromatic carbocycles. The molecule has 1 atom stereocenters. The zero-order chi connectivity index (χ0) is 20.1. The van der Waals surface area contributed by atoms with Crippen LogP contribution in [0.5, 0.6) is 0 Å². The number of hydrogen-bond acceptors (Lipinski definition) is 6. The highest BCUT2D eigenvalue weighted by atomic mass is 16.2. The molecular formula is C22H22N6O. The maximum absolute atomic E-state index is 12.5. The summed E-state index contributed by atoms with van der Waals surface area (Å²) in [5.74, 6) is 2.21. The fourth-order valence-corrected chi connectivity index (χ4v) is 3.40. The van der Waals surface area contributed by atoms with Crippen molar-refractivity contribution in [1.82, 2.24) is 24.8 Å². The van der Waals surface area contributed by atoms with Gasteiger partial charge in [0.15, 0.2) is 0 Å². The summed E-state index contributed by atoms with van der Waals surface area (Å²) in [5.41, 5.74) is 1.95. The topological polar surface area (TPSA) is 83.9 Å². The average Bonchev–Trinajstić information content (AvgIpc) is 3.24. The minimum absolute atomic E-state index is 0.0278. The number of hydrogen-bond donors (Lipinski definition) is 1. The summed E-state index contributed by atoms with van der Waals surface area (Å²) in [6, 6.07) is 11.8. The van der Waals surface area contributed by atoms with E-state index in [0.29, 0.717) is 24.0 Å². The highest BCUT2D eigenvalue weighted by molar-refractivity contribution is 5.92. The van der Waals surface area contributed by atoms with Gasteiger partial charge in [-0.1, -0.05) is 30.3 Å². The molecule has 7 heteroatoms. The van der Waals surface area contributed by atoms with E-state index >= 15 is 0 Å². The van der Waals surface area contributed by atoms with Crippen LogP contribution in [0.15, 0.2) is 61.1 Å². The summed E-state index contributed by atoms with van der Waals surface area (Å²) >= 11 is 0. The van der Waals surface area contributed by atoms with Crippen molar-refractivity contribution in [1.29, 1.82) is 0 Å². The van der Waals surface area contributed by atoms with Gasteiger partial charge >= 0.3 is 0 Å². The van der Waals surface area contributed by atoms with Gasteiger partial charge in [0.25, 0.3) is 0 Å². The first-order valence-corrected chi connectivity index (χ1v) is 9.58. The molecule has 0 spiro atoms. The first kappa shape index (κ1) is 18.7. The molecule has 1 saturated heterocycles. The molecule has 1 fully saturated rings. The molecule has 3 aromatic rings. The third kappa shape index (κ3) is 4.82. The van der Waals surface area contributed by atoms with Crippen LogP contribution < -0.4 is 5.32 Å². The molecule has 1 aliphatic rings. The molecule has 0 saturated carbocycles. The minimum Gasteiger partial charge on any atom is -0.338 e. The molecule has 146 valence electrons. The summed E-state index contributed by atoms with van der Waals surface area (Å²) < 4.78 is 0. The molecule has 1 N–H and O–H groups in total. The third-order valence-corrected chi connectivity index (χ3v) is 4.81. The molecule has 7 nitrogen and oxygen atoms in total. The summed E-state index contributed by atoms with van der Waals surface area (Å²) in [6.45, 7) is 3.24. The van der Waals surface area contributed by atoms with E-state index in [4.69, 9.17) is 0 Å². The molecule has 29 heavy (non-hydrogen) atoms. The van der Waals surface area contributed by atoms with Crippen molar-refractivity contribution in [2.24, 2.45) is 0 Å². The lowest BCUT2D eigenvalue weighted by molar-refractivity contribution is -0.124. The normalized spacial score (nSPS) is 16.3. The Morgan fingerprint density at radius 3 is 2.83 bits per heavy atom. The quantitative estimate of drug-likeness (QED) is 0.677. The van der Waals surface area contributed by atoms with E-state index in [-0.39, 0.29) is 11.8 Å². The van der Waals surface area contributed by atoms with Crippen LogP contribution in [0.3, 0.4) is 0 Å². The number of rotatable bonds is 5. The van der Waals surface area contributed by atoms with Gasteiger partial charge in [0, 0.05) is 43.5 Å². The number of likely N-dealkylation sites (tertiary alicyclic amines) is 1. The molecule has 0 radical (unpaired) electrons. The lowest BCUT2D eigenvalue weighted by atomic mass is 10.0. The predicted octanol–water partition coefficient (Wildman–Crippen LogP) is 3.35. The lowest BCUT2D eigenvalue weighted by Gasteiger charge is -2.15. The van der Waals surface area contributed by atoms with Gasteiger partial charge in [-0.3, -0.25) is 9.78 Å². The standard InChI is InChI=1S/C22H22N6O/c1-16-25-19(13-20(26-16)27-21-14-23-10-11-24-21)18-9-12-28(15-18)22(29)8-7-17-5-3-2-4-6-17/h2-8,10-11,13-14,18H,9,12,15H2,1H3,(H,24,25,26,27)/b8-7+/t18-/m0/s1. The van der Waals surface area contributed by atoms with E-state index in [1.165, 1.54) is 0 Å². The maximum Gasteiger partial charge on any atom is 0.246 e. The number of carbonyl (C=O) groups is 1. The van der Waals surface area contributed by atoms with Gasteiger partial charge in [-0.25, -0.2) is 15.0 Å². The molecule has 3 heterocycles. The molecule has 1 aliphatic heterocycles. The number of anilines is 2. The Morgan fingerprint density at radius 2 is 2.03 bits per heavy atom. The molecule has 4 rings (SSSR count). The summed E-state index contributed by atoms with van der Waals surface area (Å²) in [7, 11) is 0. The smallest absolute Gasteiger partial charge is 0.246 e. The Balaban J connectivity index is 1.43. The van der Waals surface area contributed by atoms with Gasteiger partial charge in [-0.2, -0.15) is 0 Å². The van der Waals surface area contributed by atoms with Crippen LogP contribution in [-0.4, -0.2) is 43.8 Å². The van der Waals surface area contributed by atoms with Crippen LogP contribution in [0.1, 0.15) is 29.4 Å². The van der Waals surface area contributed by atoms with Gasteiger partial charge in [-0.05, 0) is 25.0 Å². The van der Waals surface area contributed by atoms with E-state index in [1.54, 1.807) is 24.7 Å². The minimum atomic E-state index is 0.0278. The second kappa shape index (κ2) is 8.60. The van der Waals surface area contributed by atoms with Gasteiger partial charge in [0.1, 0.15) is 17.5 Å². The van der Waals surface area contributed by atoms with Crippen molar-refractivity contribution in [3.63, 3.8) is 0 Å². The van der Waals surface area contributed by atoms with Crippen molar-refractivity contribution in [2.45, 2.75) is 19.3 Å². The molecular weight excluding hydrogens is 364 g/mol. The zero-order valence-corrected chi connectivity index (χ0v) is 16.2. The largest absolute Gasteiger partial charge is 0.338 e. The Bertz CT molecular complexity index is 1010. The van der Waals surface area contributed by atoms with E-state index in [2.05, 4.69) is 25.3 Å². The molecule has 1 amide bonds. The first-order chi connectivity index (χ1) is 14.2. The second-order valence-electron chi connectivity index (χ2n) is 6.95. The fourth-order valence-electron chi connectivity index (χ4n) is 3.40. The van der Waals surface area contributed by atoms with Crippen molar-refractivity contribution in [3.05, 3.63) is 78.1 Å². The highest BCUT2D eigenvalue weighted by Gasteiger charge is 2.27. The van der Waals surface area contributed by atoms with Crippen LogP contribution in [0.4, 0.5) is 11.6 Å². The summed E-state index contributed by atoms with van der Waals surface area (Å²) in [5, 5.41) is 3.16. The Kier molecular flexibility index (Phi) is 5.56. The number of nitrogens with zero attached hydrogens (tertiary/aromatic N) is 5. The number of benzene rings is 1. The van der Waals surface area contributed by atoms with Gasteiger partial charge in [0.05, 0.1) is 11.9 Å². The van der Waals surface area contributed by atoms with Gasteiger partial charge in [0.2, 0.25) is 5.91 Å². The van der Waals surface area contributed by atoms with Crippen LogP contribution in [0.2, 0.25) is 0 Å². The average molecular weight is 386 g/mol. The van der Waals surface area contributed by atoms with Crippen LogP contribution in [-0.2, 0) is 4.79 Å². The van der Waals surface area contributed by atoms with Crippen molar-refractivity contribution >= 4 is 23.6 Å². The Morgan fingerprint density at radius 1 is 1.17 bits per heavy atom.